The third-order valence-electron chi connectivity index (χ3n) is 3.15. The Labute approximate surface area is 109 Å². The largest absolute Gasteiger partial charge is 0.306 e. The van der Waals surface area contributed by atoms with E-state index in [-0.39, 0.29) is 6.04 Å². The maximum Gasteiger partial charge on any atom is 0.116 e. The fraction of sp³-hybridized carbons (Fsp3) is 0.500. The zero-order valence-corrected chi connectivity index (χ0v) is 11.4. The molecule has 3 nitrogen and oxygen atoms in total. The van der Waals surface area contributed by atoms with E-state index in [1.54, 1.807) is 11.3 Å². The van der Waals surface area contributed by atoms with Gasteiger partial charge in [-0.1, -0.05) is 0 Å². The summed E-state index contributed by atoms with van der Waals surface area (Å²) < 4.78 is 0. The molecule has 5 heteroatoms. The van der Waals surface area contributed by atoms with Crippen LogP contribution in [-0.4, -0.2) is 17.0 Å². The highest BCUT2D eigenvalue weighted by molar-refractivity contribution is 7.12. The Hall–Kier alpha value is -0.780. The van der Waals surface area contributed by atoms with Gasteiger partial charge in [-0.15, -0.1) is 22.7 Å². The zero-order valence-electron chi connectivity index (χ0n) is 9.77. The third kappa shape index (κ3) is 2.14. The van der Waals surface area contributed by atoms with Crippen molar-refractivity contribution in [3.8, 4) is 0 Å². The number of hydrogen-bond acceptors (Lipinski definition) is 5. The molecule has 0 aliphatic heterocycles. The predicted molar refractivity (Wildman–Crippen MR) is 71.8 cm³/mol. The molecule has 2 heterocycles. The van der Waals surface area contributed by atoms with Gasteiger partial charge in [-0.05, 0) is 32.7 Å². The normalized spacial score (nSPS) is 16.8. The molecule has 0 fully saturated rings. The maximum absolute atomic E-state index is 4.80. The van der Waals surface area contributed by atoms with E-state index >= 15 is 0 Å². The van der Waals surface area contributed by atoms with Gasteiger partial charge in [0.15, 0.2) is 0 Å². The summed E-state index contributed by atoms with van der Waals surface area (Å²) in [7, 11) is 1.98. The van der Waals surface area contributed by atoms with Gasteiger partial charge >= 0.3 is 0 Å². The van der Waals surface area contributed by atoms with Crippen molar-refractivity contribution in [2.75, 3.05) is 7.05 Å². The lowest BCUT2D eigenvalue weighted by molar-refractivity contribution is 0.653. The summed E-state index contributed by atoms with van der Waals surface area (Å²) >= 11 is 3.50. The fourth-order valence-electron chi connectivity index (χ4n) is 2.26. The lowest BCUT2D eigenvalue weighted by Gasteiger charge is -2.09. The average molecular weight is 265 g/mol. The average Bonchev–Trinajstić information content (AvgIpc) is 2.98. The second-order valence-electron chi connectivity index (χ2n) is 4.26. The summed E-state index contributed by atoms with van der Waals surface area (Å²) in [6.45, 7) is 0. The van der Waals surface area contributed by atoms with Crippen LogP contribution in [0.4, 0.5) is 0 Å². The standard InChI is InChI=1S/C12H15N3S2/c1-13-11(9-6-16-7-14-9)12-15-8-4-2-3-5-10(8)17-12/h6-7,11,13H,2-5H2,1H3. The molecule has 0 aromatic carbocycles. The molecule has 0 saturated heterocycles. The van der Waals surface area contributed by atoms with Crippen LogP contribution < -0.4 is 5.32 Å². The summed E-state index contributed by atoms with van der Waals surface area (Å²) in [4.78, 5) is 10.7. The maximum atomic E-state index is 4.80. The first-order chi connectivity index (χ1) is 8.38. The molecule has 0 radical (unpaired) electrons. The first-order valence-electron chi connectivity index (χ1n) is 5.92. The summed E-state index contributed by atoms with van der Waals surface area (Å²) in [5.74, 6) is 0. The number of hydrogen-bond donors (Lipinski definition) is 1. The summed E-state index contributed by atoms with van der Waals surface area (Å²) in [5, 5.41) is 6.59. The molecule has 3 rings (SSSR count). The van der Waals surface area contributed by atoms with Crippen LogP contribution in [0, 0.1) is 0 Å². The van der Waals surface area contributed by atoms with Crippen LogP contribution in [0.25, 0.3) is 0 Å². The molecular formula is C12H15N3S2. The Morgan fingerprint density at radius 2 is 2.24 bits per heavy atom. The Bertz CT molecular complexity index is 466. The van der Waals surface area contributed by atoms with E-state index in [0.29, 0.717) is 0 Å². The Morgan fingerprint density at radius 3 is 2.94 bits per heavy atom. The van der Waals surface area contributed by atoms with Crippen molar-refractivity contribution in [1.82, 2.24) is 15.3 Å². The smallest absolute Gasteiger partial charge is 0.116 e. The molecule has 90 valence electrons. The van der Waals surface area contributed by atoms with Crippen molar-refractivity contribution >= 4 is 22.7 Å². The monoisotopic (exact) mass is 265 g/mol. The van der Waals surface area contributed by atoms with Crippen LogP contribution in [0.15, 0.2) is 10.9 Å². The van der Waals surface area contributed by atoms with Crippen LogP contribution in [0.5, 0.6) is 0 Å². The molecule has 0 spiro atoms. The van der Waals surface area contributed by atoms with Gasteiger partial charge in [0, 0.05) is 10.3 Å². The van der Waals surface area contributed by atoms with Crippen LogP contribution in [0.2, 0.25) is 0 Å². The number of nitrogens with zero attached hydrogens (tertiary/aromatic N) is 2. The molecule has 2 aromatic rings. The number of thiazole rings is 2. The quantitative estimate of drug-likeness (QED) is 0.927. The highest BCUT2D eigenvalue weighted by atomic mass is 32.1. The molecule has 0 saturated carbocycles. The number of nitrogens with one attached hydrogen (secondary N) is 1. The van der Waals surface area contributed by atoms with Gasteiger partial charge in [0.05, 0.1) is 16.9 Å². The van der Waals surface area contributed by atoms with Gasteiger partial charge in [0.25, 0.3) is 0 Å². The van der Waals surface area contributed by atoms with Gasteiger partial charge < -0.3 is 5.32 Å². The highest BCUT2D eigenvalue weighted by Crippen LogP contribution is 2.32. The van der Waals surface area contributed by atoms with E-state index < -0.39 is 0 Å². The highest BCUT2D eigenvalue weighted by Gasteiger charge is 2.22. The first kappa shape index (κ1) is 11.3. The predicted octanol–water partition coefficient (Wildman–Crippen LogP) is 2.79. The van der Waals surface area contributed by atoms with Crippen molar-refractivity contribution in [2.24, 2.45) is 0 Å². The van der Waals surface area contributed by atoms with E-state index in [0.717, 1.165) is 12.1 Å². The Kier molecular flexibility index (Phi) is 3.22. The molecule has 0 bridgehead atoms. The third-order valence-corrected chi connectivity index (χ3v) is 4.97. The Morgan fingerprint density at radius 1 is 1.35 bits per heavy atom. The van der Waals surface area contributed by atoms with Gasteiger partial charge in [0.1, 0.15) is 11.0 Å². The van der Waals surface area contributed by atoms with Gasteiger partial charge in [-0.3, -0.25) is 0 Å². The second kappa shape index (κ2) is 4.84. The van der Waals surface area contributed by atoms with E-state index in [2.05, 4.69) is 15.7 Å². The number of aromatic nitrogens is 2. The first-order valence-corrected chi connectivity index (χ1v) is 7.68. The van der Waals surface area contributed by atoms with E-state index in [9.17, 15) is 0 Å². The van der Waals surface area contributed by atoms with Crippen LogP contribution in [0.1, 0.15) is 40.2 Å². The minimum absolute atomic E-state index is 0.164. The van der Waals surface area contributed by atoms with Crippen molar-refractivity contribution in [1.29, 1.82) is 0 Å². The van der Waals surface area contributed by atoms with Gasteiger partial charge in [-0.2, -0.15) is 0 Å². The lowest BCUT2D eigenvalue weighted by Crippen LogP contribution is -2.17. The zero-order chi connectivity index (χ0) is 11.7. The minimum Gasteiger partial charge on any atom is -0.306 e. The number of fused-ring (bicyclic) bond motifs is 1. The van der Waals surface area contributed by atoms with Crippen molar-refractivity contribution < 1.29 is 0 Å². The van der Waals surface area contributed by atoms with Crippen molar-refractivity contribution in [3.05, 3.63) is 32.2 Å². The van der Waals surface area contributed by atoms with E-state index in [4.69, 9.17) is 4.98 Å². The van der Waals surface area contributed by atoms with Crippen LogP contribution in [0.3, 0.4) is 0 Å². The topological polar surface area (TPSA) is 37.8 Å². The molecule has 1 N–H and O–H groups in total. The molecular weight excluding hydrogens is 250 g/mol. The summed E-state index contributed by atoms with van der Waals surface area (Å²) in [5.41, 5.74) is 4.29. The molecule has 1 aliphatic rings. The molecule has 1 unspecified atom stereocenters. The van der Waals surface area contributed by atoms with Crippen LogP contribution in [-0.2, 0) is 12.8 Å². The lowest BCUT2D eigenvalue weighted by atomic mass is 10.0. The second-order valence-corrected chi connectivity index (χ2v) is 6.10. The van der Waals surface area contributed by atoms with Crippen molar-refractivity contribution in [3.63, 3.8) is 0 Å². The fourth-order valence-corrected chi connectivity index (χ4v) is 4.11. The summed E-state index contributed by atoms with van der Waals surface area (Å²) in [6, 6.07) is 0.164. The summed E-state index contributed by atoms with van der Waals surface area (Å²) in [6.07, 6.45) is 4.96. The molecule has 1 aliphatic carbocycles. The molecule has 2 aromatic heterocycles. The molecule has 0 amide bonds. The number of rotatable bonds is 3. The van der Waals surface area contributed by atoms with E-state index in [1.807, 2.05) is 23.9 Å². The molecule has 1 atom stereocenters. The van der Waals surface area contributed by atoms with Gasteiger partial charge in [0.2, 0.25) is 0 Å². The van der Waals surface area contributed by atoms with E-state index in [1.165, 1.54) is 34.8 Å². The van der Waals surface area contributed by atoms with Crippen LogP contribution >= 0.6 is 22.7 Å². The molecule has 17 heavy (non-hydrogen) atoms. The Balaban J connectivity index is 1.94. The van der Waals surface area contributed by atoms with Crippen molar-refractivity contribution in [2.45, 2.75) is 31.7 Å². The SMILES string of the molecule is CNC(c1cscn1)c1nc2c(s1)CCCC2. The minimum atomic E-state index is 0.164. The van der Waals surface area contributed by atoms with Gasteiger partial charge in [-0.25, -0.2) is 9.97 Å². The number of aryl methyl sites for hydroxylation is 2.